The summed E-state index contributed by atoms with van der Waals surface area (Å²) in [6.07, 6.45) is 1.11. The quantitative estimate of drug-likeness (QED) is 0.844. The number of carbonyl (C=O) groups excluding carboxylic acids is 1. The van der Waals surface area contributed by atoms with Gasteiger partial charge in [-0.2, -0.15) is 11.3 Å². The Hall–Kier alpha value is -0.910. The first-order valence-corrected chi connectivity index (χ1v) is 7.94. The SMILES string of the molecule is CCOC1CC(CO)(NC(=O)Cc2ccsc2)C1(C)C. The van der Waals surface area contributed by atoms with Crippen LogP contribution >= 0.6 is 11.3 Å². The summed E-state index contributed by atoms with van der Waals surface area (Å²) < 4.78 is 5.68. The number of aliphatic hydroxyl groups is 1. The first-order valence-electron chi connectivity index (χ1n) is 7.00. The molecule has 1 fully saturated rings. The third-order valence-electron chi connectivity index (χ3n) is 4.53. The minimum atomic E-state index is -0.570. The van der Waals surface area contributed by atoms with Crippen LogP contribution in [0.25, 0.3) is 0 Å². The second-order valence-corrected chi connectivity index (χ2v) is 6.75. The van der Waals surface area contributed by atoms with E-state index in [9.17, 15) is 9.90 Å². The van der Waals surface area contributed by atoms with E-state index in [0.29, 0.717) is 19.4 Å². The molecule has 112 valence electrons. The van der Waals surface area contributed by atoms with Gasteiger partial charge in [0.2, 0.25) is 5.91 Å². The molecule has 2 unspecified atom stereocenters. The lowest BCUT2D eigenvalue weighted by atomic mass is 9.54. The second kappa shape index (κ2) is 5.84. The highest BCUT2D eigenvalue weighted by atomic mass is 32.1. The van der Waals surface area contributed by atoms with Crippen LogP contribution in [0.15, 0.2) is 16.8 Å². The third kappa shape index (κ3) is 2.62. The van der Waals surface area contributed by atoms with Crippen molar-refractivity contribution in [3.8, 4) is 0 Å². The van der Waals surface area contributed by atoms with E-state index in [1.54, 1.807) is 11.3 Å². The zero-order chi connectivity index (χ0) is 14.8. The lowest BCUT2D eigenvalue weighted by molar-refractivity contribution is -0.180. The van der Waals surface area contributed by atoms with Crippen molar-refractivity contribution < 1.29 is 14.6 Å². The molecule has 20 heavy (non-hydrogen) atoms. The molecule has 2 rings (SSSR count). The van der Waals surface area contributed by atoms with Gasteiger partial charge in [-0.1, -0.05) is 13.8 Å². The molecular weight excluding hydrogens is 274 g/mol. The van der Waals surface area contributed by atoms with Gasteiger partial charge in [-0.25, -0.2) is 0 Å². The predicted octanol–water partition coefficient (Wildman–Crippen LogP) is 1.97. The lowest BCUT2D eigenvalue weighted by Gasteiger charge is -2.60. The van der Waals surface area contributed by atoms with E-state index in [1.165, 1.54) is 0 Å². The van der Waals surface area contributed by atoms with E-state index in [2.05, 4.69) is 5.32 Å². The molecule has 1 amide bonds. The molecule has 0 radical (unpaired) electrons. The van der Waals surface area contributed by atoms with E-state index in [0.717, 1.165) is 5.56 Å². The standard InChI is InChI=1S/C15H23NO3S/c1-4-19-12-8-15(10-17,14(12,2)3)16-13(18)7-11-5-6-20-9-11/h5-6,9,12,17H,4,7-8,10H2,1-3H3,(H,16,18). The van der Waals surface area contributed by atoms with Crippen molar-refractivity contribution in [1.82, 2.24) is 5.32 Å². The molecular formula is C15H23NO3S. The number of thiophene rings is 1. The smallest absolute Gasteiger partial charge is 0.224 e. The summed E-state index contributed by atoms with van der Waals surface area (Å²) in [6.45, 7) is 6.64. The fourth-order valence-corrected chi connectivity index (χ4v) is 3.56. The summed E-state index contributed by atoms with van der Waals surface area (Å²) >= 11 is 1.58. The van der Waals surface area contributed by atoms with Crippen LogP contribution in [-0.4, -0.2) is 35.9 Å². The number of hydrogen-bond acceptors (Lipinski definition) is 4. The van der Waals surface area contributed by atoms with Gasteiger partial charge < -0.3 is 15.2 Å². The minimum Gasteiger partial charge on any atom is -0.394 e. The van der Waals surface area contributed by atoms with Gasteiger partial charge in [-0.15, -0.1) is 0 Å². The van der Waals surface area contributed by atoms with Crippen molar-refractivity contribution in [1.29, 1.82) is 0 Å². The highest BCUT2D eigenvalue weighted by Crippen LogP contribution is 2.51. The number of hydrogen-bond donors (Lipinski definition) is 2. The zero-order valence-corrected chi connectivity index (χ0v) is 13.1. The number of amides is 1. The van der Waals surface area contributed by atoms with Crippen molar-refractivity contribution in [3.05, 3.63) is 22.4 Å². The molecule has 0 aromatic carbocycles. The van der Waals surface area contributed by atoms with Crippen molar-refractivity contribution in [2.24, 2.45) is 5.41 Å². The van der Waals surface area contributed by atoms with Gasteiger partial charge in [0.05, 0.1) is 24.7 Å². The molecule has 2 atom stereocenters. The van der Waals surface area contributed by atoms with Crippen molar-refractivity contribution in [2.45, 2.75) is 45.3 Å². The van der Waals surface area contributed by atoms with E-state index in [4.69, 9.17) is 4.74 Å². The summed E-state index contributed by atoms with van der Waals surface area (Å²) in [5.74, 6) is -0.0412. The van der Waals surface area contributed by atoms with Crippen LogP contribution in [0.4, 0.5) is 0 Å². The summed E-state index contributed by atoms with van der Waals surface area (Å²) in [7, 11) is 0. The predicted molar refractivity (Wildman–Crippen MR) is 79.8 cm³/mol. The number of nitrogens with one attached hydrogen (secondary N) is 1. The lowest BCUT2D eigenvalue weighted by Crippen LogP contribution is -2.74. The zero-order valence-electron chi connectivity index (χ0n) is 12.3. The van der Waals surface area contributed by atoms with E-state index in [-0.39, 0.29) is 24.0 Å². The highest BCUT2D eigenvalue weighted by molar-refractivity contribution is 7.07. The van der Waals surface area contributed by atoms with Crippen LogP contribution in [0.5, 0.6) is 0 Å². The van der Waals surface area contributed by atoms with Gasteiger partial charge in [0.25, 0.3) is 0 Å². The maximum atomic E-state index is 12.2. The molecule has 0 aliphatic heterocycles. The molecule has 2 N–H and O–H groups in total. The number of rotatable bonds is 6. The van der Waals surface area contributed by atoms with Crippen LogP contribution in [0, 0.1) is 5.41 Å². The average Bonchev–Trinajstić information content (AvgIpc) is 2.89. The number of carbonyl (C=O) groups is 1. The Kier molecular flexibility index (Phi) is 4.52. The Morgan fingerprint density at radius 1 is 1.60 bits per heavy atom. The Morgan fingerprint density at radius 3 is 2.85 bits per heavy atom. The monoisotopic (exact) mass is 297 g/mol. The van der Waals surface area contributed by atoms with Gasteiger partial charge in [0.1, 0.15) is 0 Å². The summed E-state index contributed by atoms with van der Waals surface area (Å²) in [5.41, 5.74) is 0.182. The summed E-state index contributed by atoms with van der Waals surface area (Å²) in [4.78, 5) is 12.2. The Bertz CT molecular complexity index is 458. The third-order valence-corrected chi connectivity index (χ3v) is 5.27. The highest BCUT2D eigenvalue weighted by Gasteiger charge is 2.61. The van der Waals surface area contributed by atoms with Gasteiger partial charge in [0.15, 0.2) is 0 Å². The fraction of sp³-hybridized carbons (Fsp3) is 0.667. The van der Waals surface area contributed by atoms with Crippen molar-refractivity contribution in [3.63, 3.8) is 0 Å². The molecule has 1 aromatic heterocycles. The molecule has 5 heteroatoms. The first kappa shape index (κ1) is 15.5. The van der Waals surface area contributed by atoms with Crippen LogP contribution < -0.4 is 5.32 Å². The van der Waals surface area contributed by atoms with Gasteiger partial charge in [-0.05, 0) is 29.3 Å². The van der Waals surface area contributed by atoms with E-state index in [1.807, 2.05) is 37.6 Å². The van der Waals surface area contributed by atoms with Gasteiger partial charge in [-0.3, -0.25) is 4.79 Å². The van der Waals surface area contributed by atoms with E-state index < -0.39 is 5.54 Å². The van der Waals surface area contributed by atoms with Crippen LogP contribution in [-0.2, 0) is 16.0 Å². The Morgan fingerprint density at radius 2 is 2.35 bits per heavy atom. The maximum absolute atomic E-state index is 12.2. The van der Waals surface area contributed by atoms with Gasteiger partial charge in [0, 0.05) is 18.4 Å². The number of ether oxygens (including phenoxy) is 1. The Balaban J connectivity index is 2.00. The topological polar surface area (TPSA) is 58.6 Å². The molecule has 0 bridgehead atoms. The molecule has 0 spiro atoms. The second-order valence-electron chi connectivity index (χ2n) is 5.97. The van der Waals surface area contributed by atoms with Crippen LogP contribution in [0.3, 0.4) is 0 Å². The molecule has 1 aliphatic rings. The molecule has 1 aliphatic carbocycles. The number of aliphatic hydroxyl groups excluding tert-OH is 1. The molecule has 1 aromatic rings. The molecule has 1 saturated carbocycles. The molecule has 4 nitrogen and oxygen atoms in total. The maximum Gasteiger partial charge on any atom is 0.224 e. The van der Waals surface area contributed by atoms with Gasteiger partial charge >= 0.3 is 0 Å². The molecule has 0 saturated heterocycles. The fourth-order valence-electron chi connectivity index (χ4n) is 2.89. The first-order chi connectivity index (χ1) is 9.45. The minimum absolute atomic E-state index is 0.0412. The van der Waals surface area contributed by atoms with Crippen molar-refractivity contribution >= 4 is 17.2 Å². The normalized spacial score (nSPS) is 27.9. The summed E-state index contributed by atoms with van der Waals surface area (Å²) in [5, 5.41) is 16.7. The molecule has 1 heterocycles. The van der Waals surface area contributed by atoms with Crippen LogP contribution in [0.2, 0.25) is 0 Å². The Labute approximate surface area is 124 Å². The van der Waals surface area contributed by atoms with E-state index >= 15 is 0 Å². The van der Waals surface area contributed by atoms with Crippen molar-refractivity contribution in [2.75, 3.05) is 13.2 Å². The largest absolute Gasteiger partial charge is 0.394 e. The van der Waals surface area contributed by atoms with Crippen LogP contribution in [0.1, 0.15) is 32.8 Å². The average molecular weight is 297 g/mol. The summed E-state index contributed by atoms with van der Waals surface area (Å²) in [6, 6.07) is 1.95.